The fourth-order valence-corrected chi connectivity index (χ4v) is 3.23. The van der Waals surface area contributed by atoms with Crippen LogP contribution < -0.4 is 15.2 Å². The van der Waals surface area contributed by atoms with Gasteiger partial charge >= 0.3 is 0 Å². The summed E-state index contributed by atoms with van der Waals surface area (Å²) in [7, 11) is 1.37. The molecule has 29 heavy (non-hydrogen) atoms. The minimum absolute atomic E-state index is 0.0238. The van der Waals surface area contributed by atoms with E-state index >= 15 is 0 Å². The van der Waals surface area contributed by atoms with Gasteiger partial charge in [-0.2, -0.15) is 0 Å². The van der Waals surface area contributed by atoms with Crippen LogP contribution in [0.1, 0.15) is 15.9 Å². The van der Waals surface area contributed by atoms with Crippen LogP contribution in [0.5, 0.6) is 11.5 Å². The van der Waals surface area contributed by atoms with E-state index in [0.717, 1.165) is 0 Å². The monoisotopic (exact) mass is 484 g/mol. The van der Waals surface area contributed by atoms with Crippen molar-refractivity contribution >= 4 is 39.3 Å². The van der Waals surface area contributed by atoms with Crippen LogP contribution in [0.15, 0.2) is 47.5 Å². The third-order valence-electron chi connectivity index (χ3n) is 3.84. The molecule has 2 amide bonds. The van der Waals surface area contributed by atoms with E-state index in [-0.39, 0.29) is 35.2 Å². The van der Waals surface area contributed by atoms with E-state index in [2.05, 4.69) is 22.5 Å². The summed E-state index contributed by atoms with van der Waals surface area (Å²) in [5, 5.41) is 0.0705. The molecule has 0 saturated carbocycles. The van der Waals surface area contributed by atoms with Crippen LogP contribution in [0.3, 0.4) is 0 Å². The molecular formula is C20H19BrClFN2O4. The molecule has 0 saturated heterocycles. The first-order valence-corrected chi connectivity index (χ1v) is 9.56. The maximum Gasteiger partial charge on any atom is 0.255 e. The van der Waals surface area contributed by atoms with Crippen LogP contribution in [-0.2, 0) is 11.3 Å². The summed E-state index contributed by atoms with van der Waals surface area (Å²) < 4.78 is 25.3. The second-order valence-corrected chi connectivity index (χ2v) is 7.28. The largest absolute Gasteiger partial charge is 0.493 e. The van der Waals surface area contributed by atoms with Crippen LogP contribution in [0.4, 0.5) is 4.39 Å². The van der Waals surface area contributed by atoms with Gasteiger partial charge in [0, 0.05) is 28.7 Å². The van der Waals surface area contributed by atoms with Crippen LogP contribution >= 0.6 is 27.5 Å². The van der Waals surface area contributed by atoms with Gasteiger partial charge in [-0.1, -0.05) is 33.6 Å². The Morgan fingerprint density at radius 1 is 1.34 bits per heavy atom. The normalized spacial score (nSPS) is 10.3. The van der Waals surface area contributed by atoms with Gasteiger partial charge in [0.15, 0.2) is 18.1 Å². The van der Waals surface area contributed by atoms with Crippen LogP contribution in [-0.4, -0.2) is 37.0 Å². The van der Waals surface area contributed by atoms with Gasteiger partial charge < -0.3 is 20.1 Å². The van der Waals surface area contributed by atoms with Crippen molar-refractivity contribution in [2.75, 3.05) is 20.3 Å². The smallest absolute Gasteiger partial charge is 0.255 e. The van der Waals surface area contributed by atoms with E-state index in [4.69, 9.17) is 26.8 Å². The third kappa shape index (κ3) is 5.95. The summed E-state index contributed by atoms with van der Waals surface area (Å²) >= 11 is 9.51. The minimum Gasteiger partial charge on any atom is -0.493 e. The zero-order valence-corrected chi connectivity index (χ0v) is 17.9. The SMILES string of the molecule is C=CCN(Cc1cc(Br)ccc1F)C(=O)c1cc(Cl)c(OCC(N)=O)c(OC)c1. The molecule has 0 bridgehead atoms. The van der Waals surface area contributed by atoms with E-state index in [1.165, 1.54) is 36.3 Å². The Morgan fingerprint density at radius 2 is 2.07 bits per heavy atom. The summed E-state index contributed by atoms with van der Waals surface area (Å²) in [5.41, 5.74) is 5.62. The highest BCUT2D eigenvalue weighted by atomic mass is 79.9. The van der Waals surface area contributed by atoms with Gasteiger partial charge in [0.2, 0.25) is 0 Å². The number of hydrogen-bond acceptors (Lipinski definition) is 4. The lowest BCUT2D eigenvalue weighted by molar-refractivity contribution is -0.119. The van der Waals surface area contributed by atoms with Gasteiger partial charge in [-0.05, 0) is 30.3 Å². The zero-order valence-electron chi connectivity index (χ0n) is 15.6. The second kappa shape index (κ2) is 10.3. The molecule has 2 aromatic rings. The first kappa shape index (κ1) is 22.7. The van der Waals surface area contributed by atoms with Crippen molar-refractivity contribution in [1.29, 1.82) is 0 Å². The molecule has 9 heteroatoms. The predicted molar refractivity (Wildman–Crippen MR) is 112 cm³/mol. The maximum absolute atomic E-state index is 14.1. The number of nitrogens with two attached hydrogens (primary N) is 1. The number of amides is 2. The van der Waals surface area contributed by atoms with Crippen molar-refractivity contribution in [3.63, 3.8) is 0 Å². The van der Waals surface area contributed by atoms with E-state index in [0.29, 0.717) is 10.0 Å². The van der Waals surface area contributed by atoms with Gasteiger partial charge in [-0.3, -0.25) is 9.59 Å². The zero-order chi connectivity index (χ0) is 21.6. The van der Waals surface area contributed by atoms with E-state index in [1.54, 1.807) is 12.1 Å². The summed E-state index contributed by atoms with van der Waals surface area (Å²) in [6.45, 7) is 3.47. The van der Waals surface area contributed by atoms with Crippen LogP contribution in [0.25, 0.3) is 0 Å². The number of halogens is 3. The van der Waals surface area contributed by atoms with E-state index in [1.807, 2.05) is 0 Å². The Morgan fingerprint density at radius 3 is 2.69 bits per heavy atom. The first-order chi connectivity index (χ1) is 13.8. The molecule has 0 heterocycles. The van der Waals surface area contributed by atoms with Crippen LogP contribution in [0.2, 0.25) is 5.02 Å². The first-order valence-electron chi connectivity index (χ1n) is 8.39. The molecule has 0 aliphatic rings. The van der Waals surface area contributed by atoms with Gasteiger partial charge in [-0.25, -0.2) is 4.39 Å². The molecule has 0 aromatic heterocycles. The van der Waals surface area contributed by atoms with Crippen LogP contribution in [0, 0.1) is 5.82 Å². The number of primary amides is 1. The molecule has 2 N–H and O–H groups in total. The molecule has 2 rings (SSSR count). The Kier molecular flexibility index (Phi) is 8.04. The average Bonchev–Trinajstić information content (AvgIpc) is 2.68. The Bertz CT molecular complexity index is 939. The van der Waals surface area contributed by atoms with Crippen molar-refractivity contribution in [2.45, 2.75) is 6.54 Å². The molecule has 154 valence electrons. The Labute approximate surface area is 181 Å². The second-order valence-electron chi connectivity index (χ2n) is 5.95. The van der Waals surface area contributed by atoms with Gasteiger partial charge in [0.25, 0.3) is 11.8 Å². The summed E-state index contributed by atoms with van der Waals surface area (Å²) in [6.07, 6.45) is 1.54. The molecule has 0 unspecified atom stereocenters. The van der Waals surface area contributed by atoms with Crippen molar-refractivity contribution in [2.24, 2.45) is 5.73 Å². The fraction of sp³-hybridized carbons (Fsp3) is 0.200. The van der Waals surface area contributed by atoms with E-state index < -0.39 is 24.2 Å². The topological polar surface area (TPSA) is 81.9 Å². The lowest BCUT2D eigenvalue weighted by atomic mass is 10.1. The molecule has 0 aliphatic carbocycles. The number of nitrogens with zero attached hydrogens (tertiary/aromatic N) is 1. The number of benzene rings is 2. The van der Waals surface area contributed by atoms with Crippen molar-refractivity contribution in [1.82, 2.24) is 4.90 Å². The molecule has 6 nitrogen and oxygen atoms in total. The number of ether oxygens (including phenoxy) is 2. The molecule has 0 fully saturated rings. The fourth-order valence-electron chi connectivity index (χ4n) is 2.55. The van der Waals surface area contributed by atoms with Gasteiger partial charge in [0.1, 0.15) is 5.82 Å². The molecular weight excluding hydrogens is 467 g/mol. The minimum atomic E-state index is -0.684. The molecule has 0 aliphatic heterocycles. The number of rotatable bonds is 9. The third-order valence-corrected chi connectivity index (χ3v) is 4.61. The number of hydrogen-bond donors (Lipinski definition) is 1. The Hall–Kier alpha value is -2.58. The average molecular weight is 486 g/mol. The molecule has 0 atom stereocenters. The standard InChI is InChI=1S/C20H19BrClFN2O4/c1-3-6-25(10-13-7-14(21)4-5-16(13)23)20(27)12-8-15(22)19(17(9-12)28-2)29-11-18(24)26/h3-5,7-9H,1,6,10-11H2,2H3,(H2,24,26). The van der Waals surface area contributed by atoms with Crippen molar-refractivity contribution in [3.05, 3.63) is 69.4 Å². The van der Waals surface area contributed by atoms with E-state index in [9.17, 15) is 14.0 Å². The molecule has 0 spiro atoms. The summed E-state index contributed by atoms with van der Waals surface area (Å²) in [4.78, 5) is 25.4. The number of carbonyl (C=O) groups is 2. The highest BCUT2D eigenvalue weighted by Crippen LogP contribution is 2.37. The lowest BCUT2D eigenvalue weighted by Gasteiger charge is -2.23. The maximum atomic E-state index is 14.1. The highest BCUT2D eigenvalue weighted by molar-refractivity contribution is 9.10. The van der Waals surface area contributed by atoms with Crippen molar-refractivity contribution in [3.8, 4) is 11.5 Å². The molecule has 2 aromatic carbocycles. The quantitative estimate of drug-likeness (QED) is 0.546. The number of carbonyl (C=O) groups excluding carboxylic acids is 2. The Balaban J connectivity index is 2.35. The molecule has 0 radical (unpaired) electrons. The predicted octanol–water partition coefficient (Wildman–Crippen LogP) is 3.94. The number of methoxy groups -OCH3 is 1. The van der Waals surface area contributed by atoms with Gasteiger partial charge in [0.05, 0.1) is 12.1 Å². The lowest BCUT2D eigenvalue weighted by Crippen LogP contribution is -2.31. The summed E-state index contributed by atoms with van der Waals surface area (Å²) in [5.74, 6) is -1.27. The summed E-state index contributed by atoms with van der Waals surface area (Å²) in [6, 6.07) is 7.32. The highest BCUT2D eigenvalue weighted by Gasteiger charge is 2.21. The van der Waals surface area contributed by atoms with Gasteiger partial charge in [-0.15, -0.1) is 6.58 Å². The van der Waals surface area contributed by atoms with Crippen molar-refractivity contribution < 1.29 is 23.5 Å².